The van der Waals surface area contributed by atoms with E-state index in [1.165, 1.54) is 11.3 Å². The molecule has 0 radical (unpaired) electrons. The fourth-order valence-corrected chi connectivity index (χ4v) is 4.50. The molecular weight excluding hydrogens is 376 g/mol. The number of carbonyl (C=O) groups excluding carboxylic acids is 1. The smallest absolute Gasteiger partial charge is 0.263 e. The molecule has 4 aromatic rings. The van der Waals surface area contributed by atoms with Crippen LogP contribution in [0.5, 0.6) is 0 Å². The summed E-state index contributed by atoms with van der Waals surface area (Å²) < 4.78 is 1.85. The molecule has 5 nitrogen and oxygen atoms in total. The van der Waals surface area contributed by atoms with Gasteiger partial charge < -0.3 is 5.32 Å². The van der Waals surface area contributed by atoms with E-state index in [4.69, 9.17) is 0 Å². The number of nitrogens with one attached hydrogen (secondary N) is 1. The lowest BCUT2D eigenvalue weighted by atomic mass is 10.2. The van der Waals surface area contributed by atoms with Crippen molar-refractivity contribution in [2.75, 3.05) is 6.54 Å². The Balaban J connectivity index is 1.36. The molecule has 0 unspecified atom stereocenters. The number of aromatic nitrogens is 3. The lowest BCUT2D eigenvalue weighted by Crippen LogP contribution is -2.25. The van der Waals surface area contributed by atoms with Gasteiger partial charge >= 0.3 is 0 Å². The number of hydrogen-bond donors (Lipinski definition) is 1. The molecule has 0 aliphatic carbocycles. The summed E-state index contributed by atoms with van der Waals surface area (Å²) in [5, 5.41) is 10.3. The lowest BCUT2D eigenvalue weighted by molar-refractivity contribution is 0.0957. The summed E-state index contributed by atoms with van der Waals surface area (Å²) in [6.45, 7) is 2.44. The van der Waals surface area contributed by atoms with Crippen molar-refractivity contribution >= 4 is 28.6 Å². The van der Waals surface area contributed by atoms with Gasteiger partial charge in [-0.15, -0.1) is 22.7 Å². The predicted molar refractivity (Wildman–Crippen MR) is 110 cm³/mol. The fraction of sp³-hybridized carbons (Fsp3) is 0.150. The Labute approximate surface area is 165 Å². The highest BCUT2D eigenvalue weighted by atomic mass is 32.1. The van der Waals surface area contributed by atoms with E-state index in [0.717, 1.165) is 33.3 Å². The standard InChI is InChI=1S/C20H18N4OS2/c1-14-18(27-20(23-14)17-8-5-11-26-17)19(25)21-10-9-15-12-22-24(13-15)16-6-3-2-4-7-16/h2-8,11-13H,9-10H2,1H3,(H,21,25). The van der Waals surface area contributed by atoms with Crippen molar-refractivity contribution in [2.45, 2.75) is 13.3 Å². The summed E-state index contributed by atoms with van der Waals surface area (Å²) in [4.78, 5) is 18.8. The number of thiophene rings is 1. The Morgan fingerprint density at radius 2 is 2.04 bits per heavy atom. The molecule has 0 spiro atoms. The lowest BCUT2D eigenvalue weighted by Gasteiger charge is -2.03. The van der Waals surface area contributed by atoms with Gasteiger partial charge in [0.1, 0.15) is 9.88 Å². The summed E-state index contributed by atoms with van der Waals surface area (Å²) in [5.74, 6) is -0.0664. The molecule has 0 saturated heterocycles. The summed E-state index contributed by atoms with van der Waals surface area (Å²) in [7, 11) is 0. The van der Waals surface area contributed by atoms with Crippen molar-refractivity contribution in [2.24, 2.45) is 0 Å². The van der Waals surface area contributed by atoms with Gasteiger partial charge in [-0.3, -0.25) is 4.79 Å². The molecule has 1 amide bonds. The zero-order chi connectivity index (χ0) is 18.6. The van der Waals surface area contributed by atoms with E-state index < -0.39 is 0 Å². The van der Waals surface area contributed by atoms with E-state index in [2.05, 4.69) is 15.4 Å². The molecule has 0 fully saturated rings. The number of rotatable bonds is 6. The second-order valence-corrected chi connectivity index (χ2v) is 7.99. The Bertz CT molecular complexity index is 1040. The minimum atomic E-state index is -0.0664. The van der Waals surface area contributed by atoms with Crippen LogP contribution < -0.4 is 5.32 Å². The van der Waals surface area contributed by atoms with Gasteiger partial charge in [0.15, 0.2) is 0 Å². The quantitative estimate of drug-likeness (QED) is 0.529. The van der Waals surface area contributed by atoms with Crippen LogP contribution in [0.2, 0.25) is 0 Å². The zero-order valence-corrected chi connectivity index (χ0v) is 16.4. The fourth-order valence-electron chi connectivity index (χ4n) is 2.72. The first-order valence-electron chi connectivity index (χ1n) is 8.59. The first-order valence-corrected chi connectivity index (χ1v) is 10.3. The number of aryl methyl sites for hydroxylation is 1. The highest BCUT2D eigenvalue weighted by molar-refractivity contribution is 7.22. The summed E-state index contributed by atoms with van der Waals surface area (Å²) in [5.41, 5.74) is 2.88. The van der Waals surface area contributed by atoms with Crippen LogP contribution in [0.4, 0.5) is 0 Å². The summed E-state index contributed by atoms with van der Waals surface area (Å²) in [6.07, 6.45) is 4.56. The number of nitrogens with zero attached hydrogens (tertiary/aromatic N) is 3. The Morgan fingerprint density at radius 3 is 2.81 bits per heavy atom. The highest BCUT2D eigenvalue weighted by Gasteiger charge is 2.16. The van der Waals surface area contributed by atoms with Crippen LogP contribution >= 0.6 is 22.7 Å². The van der Waals surface area contributed by atoms with Gasteiger partial charge in [0.25, 0.3) is 5.91 Å². The SMILES string of the molecule is Cc1nc(-c2cccs2)sc1C(=O)NCCc1cnn(-c2ccccc2)c1. The molecule has 1 aromatic carbocycles. The maximum atomic E-state index is 12.5. The molecule has 0 bridgehead atoms. The average Bonchev–Trinajstić information content (AvgIpc) is 3.43. The van der Waals surface area contributed by atoms with Crippen molar-refractivity contribution in [3.05, 3.63) is 76.4 Å². The third-order valence-electron chi connectivity index (χ3n) is 4.09. The van der Waals surface area contributed by atoms with E-state index in [1.54, 1.807) is 11.3 Å². The van der Waals surface area contributed by atoms with Crippen molar-refractivity contribution in [3.63, 3.8) is 0 Å². The van der Waals surface area contributed by atoms with Gasteiger partial charge in [0.05, 0.1) is 22.5 Å². The molecule has 4 rings (SSSR count). The minimum Gasteiger partial charge on any atom is -0.351 e. The molecule has 0 aliphatic heterocycles. The summed E-state index contributed by atoms with van der Waals surface area (Å²) in [6, 6.07) is 14.0. The average molecular weight is 395 g/mol. The van der Waals surface area contributed by atoms with Crippen molar-refractivity contribution in [1.82, 2.24) is 20.1 Å². The molecule has 1 N–H and O–H groups in total. The van der Waals surface area contributed by atoms with E-state index >= 15 is 0 Å². The molecule has 0 saturated carbocycles. The molecule has 0 aliphatic rings. The van der Waals surface area contributed by atoms with E-state index in [9.17, 15) is 4.79 Å². The third kappa shape index (κ3) is 3.99. The third-order valence-corrected chi connectivity index (χ3v) is 6.29. The largest absolute Gasteiger partial charge is 0.351 e. The first-order chi connectivity index (χ1) is 13.2. The molecule has 7 heteroatoms. The Kier molecular flexibility index (Phi) is 5.13. The van der Waals surface area contributed by atoms with Crippen LogP contribution in [-0.4, -0.2) is 27.2 Å². The van der Waals surface area contributed by atoms with Gasteiger partial charge in [-0.05, 0) is 42.5 Å². The molecular formula is C20H18N4OS2. The number of carbonyl (C=O) groups is 1. The topological polar surface area (TPSA) is 59.8 Å². The van der Waals surface area contributed by atoms with Gasteiger partial charge in [-0.1, -0.05) is 24.3 Å². The number of benzene rings is 1. The van der Waals surface area contributed by atoms with Gasteiger partial charge in [-0.2, -0.15) is 5.10 Å². The number of para-hydroxylation sites is 1. The normalized spacial score (nSPS) is 10.9. The maximum absolute atomic E-state index is 12.5. The van der Waals surface area contributed by atoms with Crippen LogP contribution in [0.1, 0.15) is 20.9 Å². The van der Waals surface area contributed by atoms with Crippen molar-refractivity contribution in [1.29, 1.82) is 0 Å². The van der Waals surface area contributed by atoms with Crippen LogP contribution in [0.3, 0.4) is 0 Å². The first kappa shape index (κ1) is 17.6. The Morgan fingerprint density at radius 1 is 1.19 bits per heavy atom. The van der Waals surface area contributed by atoms with E-state index in [-0.39, 0.29) is 5.91 Å². The maximum Gasteiger partial charge on any atom is 0.263 e. The number of thiazole rings is 1. The van der Waals surface area contributed by atoms with Crippen LogP contribution in [0.15, 0.2) is 60.2 Å². The molecule has 0 atom stereocenters. The van der Waals surface area contributed by atoms with E-state index in [0.29, 0.717) is 11.4 Å². The van der Waals surface area contributed by atoms with Crippen molar-refractivity contribution < 1.29 is 4.79 Å². The predicted octanol–water partition coefficient (Wildman–Crippen LogP) is 4.34. The number of amides is 1. The minimum absolute atomic E-state index is 0.0664. The van der Waals surface area contributed by atoms with Gasteiger partial charge in [0, 0.05) is 12.7 Å². The van der Waals surface area contributed by atoms with Crippen molar-refractivity contribution in [3.8, 4) is 15.6 Å². The highest BCUT2D eigenvalue weighted by Crippen LogP contribution is 2.30. The van der Waals surface area contributed by atoms with E-state index in [1.807, 2.05) is 71.8 Å². The molecule has 3 heterocycles. The van der Waals surface area contributed by atoms with Crippen LogP contribution in [-0.2, 0) is 6.42 Å². The molecule has 3 aromatic heterocycles. The van der Waals surface area contributed by atoms with Crippen LogP contribution in [0.25, 0.3) is 15.6 Å². The van der Waals surface area contributed by atoms with Crippen LogP contribution in [0, 0.1) is 6.92 Å². The number of hydrogen-bond acceptors (Lipinski definition) is 5. The van der Waals surface area contributed by atoms with Gasteiger partial charge in [-0.25, -0.2) is 9.67 Å². The summed E-state index contributed by atoms with van der Waals surface area (Å²) >= 11 is 3.08. The molecule has 136 valence electrons. The van der Waals surface area contributed by atoms with Gasteiger partial charge in [0.2, 0.25) is 0 Å². The second-order valence-electron chi connectivity index (χ2n) is 6.05. The molecule has 27 heavy (non-hydrogen) atoms. The Hall–Kier alpha value is -2.77. The zero-order valence-electron chi connectivity index (χ0n) is 14.8. The second kappa shape index (κ2) is 7.85. The monoisotopic (exact) mass is 394 g/mol.